The van der Waals surface area contributed by atoms with E-state index in [1.165, 1.54) is 0 Å². The number of hydrogen-bond donors (Lipinski definition) is 0. The second-order valence-corrected chi connectivity index (χ2v) is 4.20. The Labute approximate surface area is 99.8 Å². The summed E-state index contributed by atoms with van der Waals surface area (Å²) >= 11 is 10.4. The number of carbonyl (C=O) groups excluding carboxylic acids is 1. The van der Waals surface area contributed by atoms with Gasteiger partial charge in [-0.1, -0.05) is 42.5 Å². The van der Waals surface area contributed by atoms with Crippen molar-refractivity contribution < 1.29 is 4.79 Å². The molecule has 3 heteroatoms. The maximum Gasteiger partial charge on any atom is 0.248 e. The topological polar surface area (TPSA) is 17.1 Å². The maximum atomic E-state index is 11.1. The summed E-state index contributed by atoms with van der Waals surface area (Å²) < 4.78 is 0. The fourth-order valence-corrected chi connectivity index (χ4v) is 1.50. The summed E-state index contributed by atoms with van der Waals surface area (Å²) in [5, 5.41) is -0.442. The highest BCUT2D eigenvalue weighted by Crippen LogP contribution is 2.11. The Bertz CT molecular complexity index is 395. The van der Waals surface area contributed by atoms with E-state index in [1.54, 1.807) is 13.0 Å². The van der Waals surface area contributed by atoms with Gasteiger partial charge in [-0.25, -0.2) is 0 Å². The SMILES string of the molecule is CC(=S)C=C(Cc1ccccc1)C(=O)Cl. The zero-order chi connectivity index (χ0) is 11.3. The average molecular weight is 239 g/mol. The summed E-state index contributed by atoms with van der Waals surface area (Å²) in [6.45, 7) is 1.76. The molecule has 1 rings (SSSR count). The Morgan fingerprint density at radius 1 is 1.40 bits per heavy atom. The fraction of sp³-hybridized carbons (Fsp3) is 0.167. The number of thiocarbonyl (C=S) groups is 1. The van der Waals surface area contributed by atoms with Crippen LogP contribution in [0.3, 0.4) is 0 Å². The molecule has 0 saturated carbocycles. The van der Waals surface area contributed by atoms with Crippen LogP contribution in [-0.4, -0.2) is 10.1 Å². The second-order valence-electron chi connectivity index (χ2n) is 3.22. The van der Waals surface area contributed by atoms with Gasteiger partial charge in [-0.15, -0.1) is 0 Å². The average Bonchev–Trinajstić information content (AvgIpc) is 2.17. The highest BCUT2D eigenvalue weighted by atomic mass is 35.5. The van der Waals surface area contributed by atoms with E-state index < -0.39 is 5.24 Å². The van der Waals surface area contributed by atoms with Crippen molar-refractivity contribution in [1.29, 1.82) is 0 Å². The Kier molecular flexibility index (Phi) is 4.66. The second kappa shape index (κ2) is 5.79. The van der Waals surface area contributed by atoms with Crippen LogP contribution in [-0.2, 0) is 11.2 Å². The van der Waals surface area contributed by atoms with Gasteiger partial charge in [0, 0.05) is 16.9 Å². The quantitative estimate of drug-likeness (QED) is 0.455. The molecule has 15 heavy (non-hydrogen) atoms. The molecule has 0 amide bonds. The molecule has 78 valence electrons. The summed E-state index contributed by atoms with van der Waals surface area (Å²) in [6.07, 6.45) is 2.18. The molecule has 1 nitrogen and oxygen atoms in total. The van der Waals surface area contributed by atoms with Crippen LogP contribution in [0.5, 0.6) is 0 Å². The number of benzene rings is 1. The molecule has 0 aromatic heterocycles. The van der Waals surface area contributed by atoms with Gasteiger partial charge >= 0.3 is 0 Å². The van der Waals surface area contributed by atoms with Gasteiger partial charge in [-0.2, -0.15) is 0 Å². The van der Waals surface area contributed by atoms with E-state index in [0.29, 0.717) is 16.9 Å². The molecule has 1 aromatic rings. The van der Waals surface area contributed by atoms with Gasteiger partial charge in [0.25, 0.3) is 0 Å². The van der Waals surface area contributed by atoms with Crippen LogP contribution < -0.4 is 0 Å². The van der Waals surface area contributed by atoms with Crippen LogP contribution in [0, 0.1) is 0 Å². The van der Waals surface area contributed by atoms with Crippen molar-refractivity contribution in [3.8, 4) is 0 Å². The predicted molar refractivity (Wildman–Crippen MR) is 67.4 cm³/mol. The van der Waals surface area contributed by atoms with Crippen LogP contribution in [0.15, 0.2) is 42.0 Å². The van der Waals surface area contributed by atoms with Crippen LogP contribution in [0.2, 0.25) is 0 Å². The van der Waals surface area contributed by atoms with Gasteiger partial charge in [-0.3, -0.25) is 4.79 Å². The van der Waals surface area contributed by atoms with Crippen molar-refractivity contribution in [2.45, 2.75) is 13.3 Å². The minimum Gasteiger partial charge on any atom is -0.276 e. The molecule has 0 radical (unpaired) electrons. The molecule has 0 bridgehead atoms. The Morgan fingerprint density at radius 3 is 2.47 bits per heavy atom. The van der Waals surface area contributed by atoms with Gasteiger partial charge in [0.1, 0.15) is 0 Å². The summed E-state index contributed by atoms with van der Waals surface area (Å²) in [6, 6.07) is 9.68. The highest BCUT2D eigenvalue weighted by molar-refractivity contribution is 7.80. The molecule has 1 aromatic carbocycles. The molecule has 0 unspecified atom stereocenters. The first-order chi connectivity index (χ1) is 7.09. The van der Waals surface area contributed by atoms with E-state index in [-0.39, 0.29) is 0 Å². The van der Waals surface area contributed by atoms with Crippen molar-refractivity contribution in [3.63, 3.8) is 0 Å². The van der Waals surface area contributed by atoms with Gasteiger partial charge in [0.15, 0.2) is 0 Å². The van der Waals surface area contributed by atoms with Crippen molar-refractivity contribution in [2.75, 3.05) is 0 Å². The van der Waals surface area contributed by atoms with Gasteiger partial charge < -0.3 is 0 Å². The smallest absolute Gasteiger partial charge is 0.248 e. The van der Waals surface area contributed by atoms with E-state index in [9.17, 15) is 4.79 Å². The normalized spacial score (nSPS) is 11.2. The zero-order valence-electron chi connectivity index (χ0n) is 8.37. The molecule has 0 N–H and O–H groups in total. The van der Waals surface area contributed by atoms with Crippen LogP contribution in [0.4, 0.5) is 0 Å². The third-order valence-corrected chi connectivity index (χ3v) is 2.23. The van der Waals surface area contributed by atoms with Crippen molar-refractivity contribution >= 4 is 33.9 Å². The molecule has 0 heterocycles. The third-order valence-electron chi connectivity index (χ3n) is 1.87. The third kappa shape index (κ3) is 4.36. The summed E-state index contributed by atoms with van der Waals surface area (Å²) in [7, 11) is 0. The first kappa shape index (κ1) is 12.1. The van der Waals surface area contributed by atoms with E-state index >= 15 is 0 Å². The summed E-state index contributed by atoms with van der Waals surface area (Å²) in [5.74, 6) is 0. The molecule has 0 atom stereocenters. The number of rotatable bonds is 4. The van der Waals surface area contributed by atoms with Crippen LogP contribution in [0.25, 0.3) is 0 Å². The lowest BCUT2D eigenvalue weighted by atomic mass is 10.1. The minimum atomic E-state index is -0.442. The standard InChI is InChI=1S/C12H11ClOS/c1-9(15)7-11(12(13)14)8-10-5-3-2-4-6-10/h2-7H,8H2,1H3. The number of halogens is 1. The molecule has 0 aliphatic carbocycles. The van der Waals surface area contributed by atoms with Crippen LogP contribution >= 0.6 is 23.8 Å². The van der Waals surface area contributed by atoms with Crippen molar-refractivity contribution in [2.24, 2.45) is 0 Å². The maximum absolute atomic E-state index is 11.1. The van der Waals surface area contributed by atoms with Crippen molar-refractivity contribution in [1.82, 2.24) is 0 Å². The Hall–Kier alpha value is -0.990. The molecule has 0 aliphatic rings. The lowest BCUT2D eigenvalue weighted by Gasteiger charge is -2.02. The van der Waals surface area contributed by atoms with Gasteiger partial charge in [-0.05, 0) is 30.2 Å². The first-order valence-corrected chi connectivity index (χ1v) is 5.33. The van der Waals surface area contributed by atoms with E-state index in [0.717, 1.165) is 5.56 Å². The zero-order valence-corrected chi connectivity index (χ0v) is 9.94. The lowest BCUT2D eigenvalue weighted by Crippen LogP contribution is -2.00. The van der Waals surface area contributed by atoms with Gasteiger partial charge in [0.05, 0.1) is 0 Å². The number of allylic oxidation sites excluding steroid dienone is 2. The molecular formula is C12H11ClOS. The number of hydrogen-bond acceptors (Lipinski definition) is 2. The molecule has 0 fully saturated rings. The molecule has 0 saturated heterocycles. The molecule has 0 spiro atoms. The summed E-state index contributed by atoms with van der Waals surface area (Å²) in [4.78, 5) is 11.8. The Morgan fingerprint density at radius 2 is 2.00 bits per heavy atom. The minimum absolute atomic E-state index is 0.442. The largest absolute Gasteiger partial charge is 0.276 e. The van der Waals surface area contributed by atoms with E-state index in [1.807, 2.05) is 30.3 Å². The molecule has 0 aliphatic heterocycles. The monoisotopic (exact) mass is 238 g/mol. The van der Waals surface area contributed by atoms with E-state index in [4.69, 9.17) is 23.8 Å². The highest BCUT2D eigenvalue weighted by Gasteiger charge is 2.07. The predicted octanol–water partition coefficient (Wildman–Crippen LogP) is 3.31. The van der Waals surface area contributed by atoms with Crippen LogP contribution in [0.1, 0.15) is 12.5 Å². The first-order valence-electron chi connectivity index (χ1n) is 4.54. The lowest BCUT2D eigenvalue weighted by molar-refractivity contribution is -0.108. The molecular weight excluding hydrogens is 228 g/mol. The summed E-state index contributed by atoms with van der Waals surface area (Å²) in [5.41, 5.74) is 1.59. The van der Waals surface area contributed by atoms with Crippen molar-refractivity contribution in [3.05, 3.63) is 47.5 Å². The number of carbonyl (C=O) groups is 1. The van der Waals surface area contributed by atoms with E-state index in [2.05, 4.69) is 0 Å². The fourth-order valence-electron chi connectivity index (χ4n) is 1.24. The van der Waals surface area contributed by atoms with Gasteiger partial charge in [0.2, 0.25) is 5.24 Å². The Balaban J connectivity index is 2.86.